The molecule has 2 N–H and O–H groups in total. The molecule has 1 aromatic heterocycles. The zero-order valence-corrected chi connectivity index (χ0v) is 11.8. The second-order valence-corrected chi connectivity index (χ2v) is 6.16. The second kappa shape index (κ2) is 5.76. The van der Waals surface area contributed by atoms with E-state index >= 15 is 0 Å². The molecule has 1 aromatic carbocycles. The number of thiophene rings is 1. The van der Waals surface area contributed by atoms with Gasteiger partial charge in [-0.3, -0.25) is 0 Å². The predicted octanol–water partition coefficient (Wildman–Crippen LogP) is 3.19. The smallest absolute Gasteiger partial charge is 0.122 e. The maximum absolute atomic E-state index is 6.21. The third-order valence-corrected chi connectivity index (χ3v) is 4.50. The monoisotopic (exact) mass is 273 g/mol. The van der Waals surface area contributed by atoms with Gasteiger partial charge in [0.1, 0.15) is 5.75 Å². The van der Waals surface area contributed by atoms with E-state index in [9.17, 15) is 0 Å². The SMILES string of the molecule is NC(CCc1ccc2c(c1)CCO2)Cc1cccs1. The molecule has 1 unspecified atom stereocenters. The van der Waals surface area contributed by atoms with E-state index in [0.717, 1.165) is 38.0 Å². The molecule has 2 heterocycles. The number of rotatable bonds is 5. The van der Waals surface area contributed by atoms with Crippen molar-refractivity contribution < 1.29 is 4.74 Å². The Morgan fingerprint density at radius 3 is 3.11 bits per heavy atom. The summed E-state index contributed by atoms with van der Waals surface area (Å²) in [5, 5.41) is 2.11. The van der Waals surface area contributed by atoms with Gasteiger partial charge in [0.05, 0.1) is 6.61 Å². The van der Waals surface area contributed by atoms with E-state index in [4.69, 9.17) is 10.5 Å². The minimum absolute atomic E-state index is 0.253. The Kier molecular flexibility index (Phi) is 3.85. The second-order valence-electron chi connectivity index (χ2n) is 5.12. The van der Waals surface area contributed by atoms with Crippen LogP contribution >= 0.6 is 11.3 Å². The third kappa shape index (κ3) is 3.17. The largest absolute Gasteiger partial charge is 0.493 e. The molecule has 0 saturated heterocycles. The maximum atomic E-state index is 6.21. The minimum atomic E-state index is 0.253. The summed E-state index contributed by atoms with van der Waals surface area (Å²) >= 11 is 1.79. The lowest BCUT2D eigenvalue weighted by atomic mass is 10.0. The van der Waals surface area contributed by atoms with E-state index in [-0.39, 0.29) is 6.04 Å². The maximum Gasteiger partial charge on any atom is 0.122 e. The number of nitrogens with two attached hydrogens (primary N) is 1. The number of aryl methyl sites for hydroxylation is 1. The highest BCUT2D eigenvalue weighted by molar-refractivity contribution is 7.09. The molecule has 100 valence electrons. The molecule has 19 heavy (non-hydrogen) atoms. The fourth-order valence-corrected chi connectivity index (χ4v) is 3.34. The average Bonchev–Trinajstić information content (AvgIpc) is 3.06. The van der Waals surface area contributed by atoms with Crippen molar-refractivity contribution in [2.75, 3.05) is 6.61 Å². The molecule has 3 heteroatoms. The van der Waals surface area contributed by atoms with Crippen LogP contribution in [0.5, 0.6) is 5.75 Å². The van der Waals surface area contributed by atoms with E-state index in [1.54, 1.807) is 11.3 Å². The molecule has 1 aliphatic heterocycles. The Labute approximate surface area is 118 Å². The van der Waals surface area contributed by atoms with Gasteiger partial charge >= 0.3 is 0 Å². The summed E-state index contributed by atoms with van der Waals surface area (Å²) in [7, 11) is 0. The van der Waals surface area contributed by atoms with E-state index in [2.05, 4.69) is 35.7 Å². The van der Waals surface area contributed by atoms with Crippen LogP contribution in [0.1, 0.15) is 22.4 Å². The Balaban J connectivity index is 1.54. The Hall–Kier alpha value is -1.32. The lowest BCUT2D eigenvalue weighted by molar-refractivity contribution is 0.357. The molecule has 0 aliphatic carbocycles. The molecule has 2 aromatic rings. The lowest BCUT2D eigenvalue weighted by Gasteiger charge is -2.11. The van der Waals surface area contributed by atoms with E-state index < -0.39 is 0 Å². The van der Waals surface area contributed by atoms with Crippen LogP contribution < -0.4 is 10.5 Å². The van der Waals surface area contributed by atoms with Gasteiger partial charge < -0.3 is 10.5 Å². The summed E-state index contributed by atoms with van der Waals surface area (Å²) in [6.07, 6.45) is 4.13. The summed E-state index contributed by atoms with van der Waals surface area (Å²) < 4.78 is 5.53. The number of hydrogen-bond donors (Lipinski definition) is 1. The van der Waals surface area contributed by atoms with Crippen molar-refractivity contribution in [2.45, 2.75) is 31.7 Å². The Bertz CT molecular complexity index is 536. The van der Waals surface area contributed by atoms with Crippen LogP contribution in [0, 0.1) is 0 Å². The molecule has 1 atom stereocenters. The number of ether oxygens (including phenoxy) is 1. The highest BCUT2D eigenvalue weighted by Crippen LogP contribution is 2.26. The first-order valence-corrected chi connectivity index (χ1v) is 7.72. The molecule has 0 radical (unpaired) electrons. The van der Waals surface area contributed by atoms with Gasteiger partial charge in [0.2, 0.25) is 0 Å². The first kappa shape index (κ1) is 12.7. The quantitative estimate of drug-likeness (QED) is 0.908. The van der Waals surface area contributed by atoms with Crippen molar-refractivity contribution in [3.05, 3.63) is 51.7 Å². The van der Waals surface area contributed by atoms with Gasteiger partial charge in [0, 0.05) is 17.3 Å². The average molecular weight is 273 g/mol. The topological polar surface area (TPSA) is 35.2 Å². The molecule has 0 saturated carbocycles. The summed E-state index contributed by atoms with van der Waals surface area (Å²) in [6, 6.07) is 11.1. The van der Waals surface area contributed by atoms with E-state index in [1.807, 2.05) is 0 Å². The van der Waals surface area contributed by atoms with Gasteiger partial charge in [-0.05, 0) is 47.9 Å². The Morgan fingerprint density at radius 1 is 1.32 bits per heavy atom. The third-order valence-electron chi connectivity index (χ3n) is 3.60. The summed E-state index contributed by atoms with van der Waals surface area (Å²) in [5.41, 5.74) is 8.94. The summed E-state index contributed by atoms with van der Waals surface area (Å²) in [6.45, 7) is 0.830. The zero-order chi connectivity index (χ0) is 13.1. The molecule has 2 nitrogen and oxygen atoms in total. The van der Waals surface area contributed by atoms with Crippen LogP contribution in [0.2, 0.25) is 0 Å². The number of fused-ring (bicyclic) bond motifs is 1. The standard InChI is InChI=1S/C16H19NOS/c17-14(11-15-2-1-9-19-15)5-3-12-4-6-16-13(10-12)7-8-18-16/h1-2,4,6,9-10,14H,3,5,7-8,11,17H2. The molecule has 0 spiro atoms. The van der Waals surface area contributed by atoms with Gasteiger partial charge in [-0.1, -0.05) is 18.2 Å². The number of benzene rings is 1. The van der Waals surface area contributed by atoms with Crippen LogP contribution in [0.4, 0.5) is 0 Å². The van der Waals surface area contributed by atoms with Crippen molar-refractivity contribution in [1.29, 1.82) is 0 Å². The first-order valence-electron chi connectivity index (χ1n) is 6.84. The van der Waals surface area contributed by atoms with Crippen molar-refractivity contribution in [2.24, 2.45) is 5.73 Å². The van der Waals surface area contributed by atoms with Crippen molar-refractivity contribution in [3.63, 3.8) is 0 Å². The molecule has 0 amide bonds. The first-order chi connectivity index (χ1) is 9.31. The van der Waals surface area contributed by atoms with Crippen LogP contribution in [-0.4, -0.2) is 12.6 Å². The van der Waals surface area contributed by atoms with Gasteiger partial charge in [-0.15, -0.1) is 11.3 Å². The lowest BCUT2D eigenvalue weighted by Crippen LogP contribution is -2.23. The van der Waals surface area contributed by atoms with Gasteiger partial charge in [0.15, 0.2) is 0 Å². The van der Waals surface area contributed by atoms with Crippen LogP contribution in [0.15, 0.2) is 35.7 Å². The normalized spacial score (nSPS) is 15.0. The molecular formula is C16H19NOS. The fraction of sp³-hybridized carbons (Fsp3) is 0.375. The highest BCUT2D eigenvalue weighted by atomic mass is 32.1. The molecular weight excluding hydrogens is 254 g/mol. The van der Waals surface area contributed by atoms with Crippen molar-refractivity contribution in [3.8, 4) is 5.75 Å². The highest BCUT2D eigenvalue weighted by Gasteiger charge is 2.12. The van der Waals surface area contributed by atoms with Gasteiger partial charge in [-0.2, -0.15) is 0 Å². The van der Waals surface area contributed by atoms with E-state index in [0.29, 0.717) is 0 Å². The van der Waals surface area contributed by atoms with E-state index in [1.165, 1.54) is 16.0 Å². The number of hydrogen-bond acceptors (Lipinski definition) is 3. The van der Waals surface area contributed by atoms with Crippen LogP contribution in [0.25, 0.3) is 0 Å². The van der Waals surface area contributed by atoms with Gasteiger partial charge in [0.25, 0.3) is 0 Å². The molecule has 0 bridgehead atoms. The fourth-order valence-electron chi connectivity index (χ4n) is 2.54. The predicted molar refractivity (Wildman–Crippen MR) is 80.0 cm³/mol. The van der Waals surface area contributed by atoms with Crippen LogP contribution in [-0.2, 0) is 19.3 Å². The summed E-state index contributed by atoms with van der Waals surface area (Å²) in [5.74, 6) is 1.06. The Morgan fingerprint density at radius 2 is 2.26 bits per heavy atom. The van der Waals surface area contributed by atoms with Crippen molar-refractivity contribution in [1.82, 2.24) is 0 Å². The van der Waals surface area contributed by atoms with Crippen molar-refractivity contribution >= 4 is 11.3 Å². The molecule has 1 aliphatic rings. The van der Waals surface area contributed by atoms with Gasteiger partial charge in [-0.25, -0.2) is 0 Å². The molecule has 0 fully saturated rings. The van der Waals surface area contributed by atoms with Crippen LogP contribution in [0.3, 0.4) is 0 Å². The zero-order valence-electron chi connectivity index (χ0n) is 11.0. The molecule has 3 rings (SSSR count). The summed E-state index contributed by atoms with van der Waals surface area (Å²) in [4.78, 5) is 1.38. The minimum Gasteiger partial charge on any atom is -0.493 e.